The second-order valence-electron chi connectivity index (χ2n) is 12.7. The molecule has 1 amide bonds. The third-order valence-electron chi connectivity index (χ3n) is 9.52. The average molecular weight is 678 g/mol. The van der Waals surface area contributed by atoms with Gasteiger partial charge in [-0.1, -0.05) is 121 Å². The molecule has 9 nitrogen and oxygen atoms in total. The Balaban J connectivity index is 1.42. The van der Waals surface area contributed by atoms with Crippen LogP contribution >= 0.6 is 0 Å². The number of likely N-dealkylation sites (tertiary alicyclic amines) is 1. The maximum atomic E-state index is 12.8. The van der Waals surface area contributed by atoms with E-state index >= 15 is 0 Å². The fourth-order valence-corrected chi connectivity index (χ4v) is 7.33. The number of carboxylic acid groups (broad SMARTS) is 1. The van der Waals surface area contributed by atoms with Gasteiger partial charge in [-0.3, -0.25) is 9.80 Å². The molecule has 0 radical (unpaired) electrons. The number of hydrogen-bond acceptors (Lipinski definition) is 5. The van der Waals surface area contributed by atoms with Crippen molar-refractivity contribution in [2.75, 3.05) is 26.4 Å². The SMILES string of the molecule is CN(Cc1nc(CN(C(=O)O)C2CCN(Cc3ccccc3)CC2)cn1C(c1ccccc1)(c1ccccc1)c1ccccc1)S(C)(=O)=O. The van der Waals surface area contributed by atoms with E-state index in [-0.39, 0.29) is 19.1 Å². The van der Waals surface area contributed by atoms with Crippen LogP contribution in [0.25, 0.3) is 0 Å². The van der Waals surface area contributed by atoms with Crippen LogP contribution in [0.5, 0.6) is 0 Å². The lowest BCUT2D eigenvalue weighted by Gasteiger charge is -2.39. The van der Waals surface area contributed by atoms with E-state index in [9.17, 15) is 18.3 Å². The minimum absolute atomic E-state index is 0.00195. The Hall–Kier alpha value is -4.77. The summed E-state index contributed by atoms with van der Waals surface area (Å²) in [4.78, 5) is 21.7. The number of sulfonamides is 1. The predicted octanol–water partition coefficient (Wildman–Crippen LogP) is 6.26. The molecule has 1 aliphatic heterocycles. The van der Waals surface area contributed by atoms with Crippen LogP contribution in [-0.2, 0) is 35.2 Å². The Morgan fingerprint density at radius 3 is 1.71 bits per heavy atom. The number of aromatic nitrogens is 2. The average Bonchev–Trinajstić information content (AvgIpc) is 3.51. The van der Waals surface area contributed by atoms with Crippen LogP contribution in [-0.4, -0.2) is 75.7 Å². The first-order chi connectivity index (χ1) is 23.7. The van der Waals surface area contributed by atoms with Crippen molar-refractivity contribution in [3.05, 3.63) is 161 Å². The van der Waals surface area contributed by atoms with Gasteiger partial charge in [-0.15, -0.1) is 0 Å². The summed E-state index contributed by atoms with van der Waals surface area (Å²) in [5.74, 6) is 0.502. The molecule has 0 atom stereocenters. The van der Waals surface area contributed by atoms with E-state index in [0.29, 0.717) is 24.4 Å². The van der Waals surface area contributed by atoms with Gasteiger partial charge in [0.2, 0.25) is 10.0 Å². The Labute approximate surface area is 289 Å². The van der Waals surface area contributed by atoms with E-state index < -0.39 is 21.7 Å². The van der Waals surface area contributed by atoms with Crippen LogP contribution in [0.4, 0.5) is 4.79 Å². The predicted molar refractivity (Wildman–Crippen MR) is 191 cm³/mol. The highest BCUT2D eigenvalue weighted by Gasteiger charge is 2.41. The molecule has 0 aliphatic carbocycles. The Kier molecular flexibility index (Phi) is 10.3. The van der Waals surface area contributed by atoms with Gasteiger partial charge in [0, 0.05) is 38.9 Å². The lowest BCUT2D eigenvalue weighted by Crippen LogP contribution is -2.46. The number of amides is 1. The van der Waals surface area contributed by atoms with Gasteiger partial charge >= 0.3 is 6.09 Å². The molecule has 10 heteroatoms. The number of piperidine rings is 1. The van der Waals surface area contributed by atoms with Gasteiger partial charge in [-0.25, -0.2) is 18.2 Å². The molecular weight excluding hydrogens is 635 g/mol. The molecule has 0 bridgehead atoms. The fraction of sp³-hybridized carbons (Fsp3) is 0.282. The lowest BCUT2D eigenvalue weighted by atomic mass is 9.76. The molecule has 1 aromatic heterocycles. The van der Waals surface area contributed by atoms with Crippen molar-refractivity contribution in [1.82, 2.24) is 23.7 Å². The van der Waals surface area contributed by atoms with E-state index in [2.05, 4.69) is 53.4 Å². The molecule has 4 aromatic carbocycles. The maximum Gasteiger partial charge on any atom is 0.407 e. The van der Waals surface area contributed by atoms with Crippen molar-refractivity contribution in [2.45, 2.75) is 44.1 Å². The molecule has 2 heterocycles. The zero-order valence-electron chi connectivity index (χ0n) is 28.0. The molecule has 1 N–H and O–H groups in total. The molecule has 6 rings (SSSR count). The van der Waals surface area contributed by atoms with Crippen LogP contribution in [0.3, 0.4) is 0 Å². The number of rotatable bonds is 12. The zero-order chi connectivity index (χ0) is 34.4. The van der Waals surface area contributed by atoms with E-state index in [4.69, 9.17) is 4.98 Å². The van der Waals surface area contributed by atoms with Crippen molar-refractivity contribution in [2.24, 2.45) is 0 Å². The highest BCUT2D eigenvalue weighted by atomic mass is 32.2. The first-order valence-corrected chi connectivity index (χ1v) is 18.4. The number of benzene rings is 4. The summed E-state index contributed by atoms with van der Waals surface area (Å²) in [6.07, 6.45) is 3.53. The first-order valence-electron chi connectivity index (χ1n) is 16.6. The van der Waals surface area contributed by atoms with Gasteiger partial charge in [0.05, 0.1) is 25.0 Å². The Morgan fingerprint density at radius 2 is 1.27 bits per heavy atom. The van der Waals surface area contributed by atoms with E-state index in [1.165, 1.54) is 28.1 Å². The van der Waals surface area contributed by atoms with Crippen molar-refractivity contribution in [3.8, 4) is 0 Å². The second kappa shape index (κ2) is 14.8. The van der Waals surface area contributed by atoms with E-state index in [0.717, 1.165) is 36.3 Å². The molecule has 49 heavy (non-hydrogen) atoms. The lowest BCUT2D eigenvalue weighted by molar-refractivity contribution is 0.0840. The topological polar surface area (TPSA) is 99.0 Å². The summed E-state index contributed by atoms with van der Waals surface area (Å²) in [6.45, 7) is 2.50. The van der Waals surface area contributed by atoms with Crippen LogP contribution in [0.15, 0.2) is 128 Å². The first kappa shape index (κ1) is 34.1. The van der Waals surface area contributed by atoms with Crippen LogP contribution < -0.4 is 0 Å². The number of imidazole rings is 1. The summed E-state index contributed by atoms with van der Waals surface area (Å²) >= 11 is 0. The number of nitrogens with zero attached hydrogens (tertiary/aromatic N) is 5. The summed E-state index contributed by atoms with van der Waals surface area (Å²) in [6, 6.07) is 40.4. The minimum atomic E-state index is -3.56. The van der Waals surface area contributed by atoms with Gasteiger partial charge in [0.1, 0.15) is 11.4 Å². The molecule has 5 aromatic rings. The smallest absolute Gasteiger partial charge is 0.407 e. The molecule has 1 fully saturated rings. The highest BCUT2D eigenvalue weighted by molar-refractivity contribution is 7.88. The van der Waals surface area contributed by atoms with Crippen molar-refractivity contribution in [3.63, 3.8) is 0 Å². The maximum absolute atomic E-state index is 12.8. The highest BCUT2D eigenvalue weighted by Crippen LogP contribution is 2.42. The van der Waals surface area contributed by atoms with Gasteiger partial charge in [-0.05, 0) is 35.1 Å². The summed E-state index contributed by atoms with van der Waals surface area (Å²) in [7, 11) is -2.02. The van der Waals surface area contributed by atoms with Crippen LogP contribution in [0.1, 0.15) is 46.6 Å². The second-order valence-corrected chi connectivity index (χ2v) is 14.8. The Bertz CT molecular complexity index is 1830. The monoisotopic (exact) mass is 677 g/mol. The number of carbonyl (C=O) groups is 1. The van der Waals surface area contributed by atoms with E-state index in [1.807, 2.05) is 83.6 Å². The normalized spacial score (nSPS) is 14.6. The molecule has 1 saturated heterocycles. The third kappa shape index (κ3) is 7.46. The molecule has 0 spiro atoms. The summed E-state index contributed by atoms with van der Waals surface area (Å²) in [5.41, 5.74) is 3.73. The van der Waals surface area contributed by atoms with Crippen molar-refractivity contribution >= 4 is 16.1 Å². The Morgan fingerprint density at radius 1 is 0.796 bits per heavy atom. The molecular formula is C39H43N5O4S. The summed E-state index contributed by atoms with van der Waals surface area (Å²) < 4.78 is 28.8. The van der Waals surface area contributed by atoms with E-state index in [1.54, 1.807) is 0 Å². The quantitative estimate of drug-likeness (QED) is 0.157. The van der Waals surface area contributed by atoms with Gasteiger partial charge < -0.3 is 9.67 Å². The standard InChI is InChI=1S/C39H43N5O4S/c1-41(49(2,47)48)30-37-40-35(28-43(38(45)46)36-23-25-42(26-24-36)27-31-15-7-3-8-16-31)29-44(37)39(32-17-9-4-10-18-32,33-19-11-5-12-20-33)34-21-13-6-14-22-34/h3-22,29,36H,23-28,30H2,1-2H3,(H,45,46). The van der Waals surface area contributed by atoms with Gasteiger partial charge in [0.15, 0.2) is 0 Å². The van der Waals surface area contributed by atoms with Crippen molar-refractivity contribution < 1.29 is 18.3 Å². The minimum Gasteiger partial charge on any atom is -0.465 e. The third-order valence-corrected chi connectivity index (χ3v) is 10.8. The van der Waals surface area contributed by atoms with Gasteiger partial charge in [-0.2, -0.15) is 4.31 Å². The molecule has 254 valence electrons. The molecule has 0 saturated carbocycles. The molecule has 1 aliphatic rings. The van der Waals surface area contributed by atoms with Gasteiger partial charge in [0.25, 0.3) is 0 Å². The van der Waals surface area contributed by atoms with Crippen LogP contribution in [0, 0.1) is 0 Å². The summed E-state index contributed by atoms with van der Waals surface area (Å²) in [5, 5.41) is 10.5. The largest absolute Gasteiger partial charge is 0.465 e. The zero-order valence-corrected chi connectivity index (χ0v) is 28.8. The van der Waals surface area contributed by atoms with Crippen LogP contribution in [0.2, 0.25) is 0 Å². The number of hydrogen-bond donors (Lipinski definition) is 1. The fourth-order valence-electron chi connectivity index (χ4n) is 6.98. The molecule has 0 unspecified atom stereocenters. The van der Waals surface area contributed by atoms with Crippen molar-refractivity contribution in [1.29, 1.82) is 0 Å².